The number of rotatable bonds is 5. The van der Waals surface area contributed by atoms with Crippen LogP contribution in [0.5, 0.6) is 0 Å². The van der Waals surface area contributed by atoms with Gasteiger partial charge in [0.25, 0.3) is 0 Å². The molecule has 0 aromatic heterocycles. The van der Waals surface area contributed by atoms with E-state index in [2.05, 4.69) is 5.32 Å². The lowest BCUT2D eigenvalue weighted by atomic mass is 10.1. The summed E-state index contributed by atoms with van der Waals surface area (Å²) in [6.07, 6.45) is 1.80. The van der Waals surface area contributed by atoms with Gasteiger partial charge in [-0.2, -0.15) is 0 Å². The van der Waals surface area contributed by atoms with E-state index in [1.807, 2.05) is 58.9 Å². The lowest BCUT2D eigenvalue weighted by Crippen LogP contribution is -2.34. The van der Waals surface area contributed by atoms with E-state index < -0.39 is 5.60 Å². The van der Waals surface area contributed by atoms with Gasteiger partial charge in [0.2, 0.25) is 0 Å². The Morgan fingerprint density at radius 3 is 2.38 bits per heavy atom. The maximum atomic E-state index is 12.1. The van der Waals surface area contributed by atoms with Crippen molar-refractivity contribution in [1.82, 2.24) is 5.32 Å². The number of hydrogen-bond donors (Lipinski definition) is 2. The second-order valence-electron chi connectivity index (χ2n) is 6.09. The van der Waals surface area contributed by atoms with Crippen molar-refractivity contribution in [2.75, 3.05) is 5.73 Å². The minimum atomic E-state index is -0.484. The maximum absolute atomic E-state index is 12.1. The molecular weight excluding hydrogens is 264 g/mol. The van der Waals surface area contributed by atoms with Crippen LogP contribution in [0.25, 0.3) is 0 Å². The number of esters is 1. The molecule has 0 heterocycles. The molecule has 116 valence electrons. The lowest BCUT2D eigenvalue weighted by molar-refractivity contribution is -0.150. The van der Waals surface area contributed by atoms with Crippen molar-refractivity contribution in [1.29, 1.82) is 0 Å². The molecule has 1 aromatic carbocycles. The van der Waals surface area contributed by atoms with Crippen LogP contribution in [0.2, 0.25) is 0 Å². The second-order valence-corrected chi connectivity index (χ2v) is 6.09. The number of allylic oxidation sites excluding steroid dienone is 1. The zero-order valence-corrected chi connectivity index (χ0v) is 13.6. The van der Waals surface area contributed by atoms with Gasteiger partial charge < -0.3 is 15.8 Å². The molecule has 1 aromatic rings. The fraction of sp³-hybridized carbons (Fsp3) is 0.471. The molecule has 0 unspecified atom stereocenters. The van der Waals surface area contributed by atoms with Crippen LogP contribution in [0, 0.1) is 0 Å². The number of ether oxygens (including phenoxy) is 1. The third-order valence-electron chi connectivity index (χ3n) is 3.00. The number of nitrogens with one attached hydrogen (secondary N) is 1. The highest BCUT2D eigenvalue weighted by molar-refractivity contribution is 5.89. The minimum absolute atomic E-state index is 0.0811. The van der Waals surface area contributed by atoms with Crippen LogP contribution >= 0.6 is 0 Å². The van der Waals surface area contributed by atoms with E-state index in [9.17, 15) is 4.79 Å². The fourth-order valence-corrected chi connectivity index (χ4v) is 1.90. The summed E-state index contributed by atoms with van der Waals surface area (Å²) in [6, 6.07) is 7.59. The third kappa shape index (κ3) is 6.00. The van der Waals surface area contributed by atoms with Gasteiger partial charge in [-0.25, -0.2) is 4.79 Å². The summed E-state index contributed by atoms with van der Waals surface area (Å²) in [4.78, 5) is 12.1. The first-order chi connectivity index (χ1) is 9.73. The number of hydrogen-bond acceptors (Lipinski definition) is 4. The Hall–Kier alpha value is -1.81. The number of benzene rings is 1. The summed E-state index contributed by atoms with van der Waals surface area (Å²) < 4.78 is 5.42. The van der Waals surface area contributed by atoms with E-state index in [0.29, 0.717) is 12.1 Å². The normalized spacial score (nSPS) is 13.9. The van der Waals surface area contributed by atoms with Gasteiger partial charge >= 0.3 is 5.97 Å². The quantitative estimate of drug-likeness (QED) is 0.497. The molecule has 1 atom stereocenters. The number of anilines is 1. The monoisotopic (exact) mass is 290 g/mol. The number of nitrogens with two attached hydrogens (primary N) is 1. The summed E-state index contributed by atoms with van der Waals surface area (Å²) in [6.45, 7) is 10.1. The van der Waals surface area contributed by atoms with Crippen LogP contribution in [-0.2, 0) is 16.1 Å². The van der Waals surface area contributed by atoms with E-state index in [4.69, 9.17) is 10.5 Å². The van der Waals surface area contributed by atoms with Gasteiger partial charge in [0.1, 0.15) is 5.60 Å². The first kappa shape index (κ1) is 17.2. The predicted molar refractivity (Wildman–Crippen MR) is 86.8 cm³/mol. The SMILES string of the molecule is C/C=C(\C(=O)OC(C)(C)C)[C@@H](C)NCc1ccc(N)cc1. The lowest BCUT2D eigenvalue weighted by Gasteiger charge is -2.23. The van der Waals surface area contributed by atoms with Gasteiger partial charge in [0, 0.05) is 23.8 Å². The molecule has 4 nitrogen and oxygen atoms in total. The van der Waals surface area contributed by atoms with E-state index in [1.54, 1.807) is 6.08 Å². The van der Waals surface area contributed by atoms with Crippen molar-refractivity contribution in [2.24, 2.45) is 0 Å². The highest BCUT2D eigenvalue weighted by atomic mass is 16.6. The van der Waals surface area contributed by atoms with Crippen LogP contribution in [-0.4, -0.2) is 17.6 Å². The summed E-state index contributed by atoms with van der Waals surface area (Å²) in [5.74, 6) is -0.276. The molecular formula is C17H26N2O2. The zero-order chi connectivity index (χ0) is 16.0. The third-order valence-corrected chi connectivity index (χ3v) is 3.00. The van der Waals surface area contributed by atoms with Gasteiger partial charge in [-0.1, -0.05) is 18.2 Å². The summed E-state index contributed by atoms with van der Waals surface area (Å²) in [7, 11) is 0. The van der Waals surface area contributed by atoms with Crippen LogP contribution in [0.4, 0.5) is 5.69 Å². The molecule has 0 bridgehead atoms. The van der Waals surface area contributed by atoms with Crippen LogP contribution < -0.4 is 11.1 Å². The molecule has 0 saturated carbocycles. The van der Waals surface area contributed by atoms with E-state index in [1.165, 1.54) is 0 Å². The molecule has 0 spiro atoms. The zero-order valence-electron chi connectivity index (χ0n) is 13.6. The Morgan fingerprint density at radius 1 is 1.33 bits per heavy atom. The molecule has 4 heteroatoms. The largest absolute Gasteiger partial charge is 0.457 e. The van der Waals surface area contributed by atoms with E-state index >= 15 is 0 Å². The predicted octanol–water partition coefficient (Wildman–Crippen LogP) is 3.03. The smallest absolute Gasteiger partial charge is 0.335 e. The first-order valence-electron chi connectivity index (χ1n) is 7.20. The molecule has 0 radical (unpaired) electrons. The summed E-state index contributed by atoms with van der Waals surface area (Å²) >= 11 is 0. The fourth-order valence-electron chi connectivity index (χ4n) is 1.90. The molecule has 21 heavy (non-hydrogen) atoms. The Bertz CT molecular complexity index is 499. The Labute approximate surface area is 127 Å². The second kappa shape index (κ2) is 7.27. The molecule has 0 fully saturated rings. The van der Waals surface area contributed by atoms with Crippen molar-refractivity contribution < 1.29 is 9.53 Å². The Morgan fingerprint density at radius 2 is 1.90 bits per heavy atom. The minimum Gasteiger partial charge on any atom is -0.457 e. The van der Waals surface area contributed by atoms with E-state index in [0.717, 1.165) is 11.3 Å². The number of carbonyl (C=O) groups is 1. The molecule has 0 saturated heterocycles. The molecule has 3 N–H and O–H groups in total. The molecule has 0 aliphatic carbocycles. The standard InChI is InChI=1S/C17H26N2O2/c1-6-15(16(20)21-17(3,4)5)12(2)19-11-13-7-9-14(18)10-8-13/h6-10,12,19H,11,18H2,1-5H3/b15-6-/t12-/m1/s1. The highest BCUT2D eigenvalue weighted by Crippen LogP contribution is 2.14. The van der Waals surface area contributed by atoms with Crippen molar-refractivity contribution in [3.8, 4) is 0 Å². The van der Waals surface area contributed by atoms with Crippen molar-refractivity contribution in [2.45, 2.75) is 52.8 Å². The maximum Gasteiger partial charge on any atom is 0.335 e. The number of nitrogen functional groups attached to an aromatic ring is 1. The van der Waals surface area contributed by atoms with Gasteiger partial charge in [0.15, 0.2) is 0 Å². The number of carbonyl (C=O) groups excluding carboxylic acids is 1. The van der Waals surface area contributed by atoms with Crippen molar-refractivity contribution in [3.05, 3.63) is 41.5 Å². The topological polar surface area (TPSA) is 64.3 Å². The van der Waals surface area contributed by atoms with Crippen LogP contribution in [0.1, 0.15) is 40.2 Å². The molecule has 0 amide bonds. The van der Waals surface area contributed by atoms with E-state index in [-0.39, 0.29) is 12.0 Å². The van der Waals surface area contributed by atoms with Crippen LogP contribution in [0.15, 0.2) is 35.9 Å². The molecule has 1 rings (SSSR count). The van der Waals surface area contributed by atoms with Crippen molar-refractivity contribution in [3.63, 3.8) is 0 Å². The van der Waals surface area contributed by atoms with Crippen molar-refractivity contribution >= 4 is 11.7 Å². The summed E-state index contributed by atoms with van der Waals surface area (Å²) in [5.41, 5.74) is 7.68. The molecule has 0 aliphatic rings. The Balaban J connectivity index is 2.61. The highest BCUT2D eigenvalue weighted by Gasteiger charge is 2.22. The van der Waals surface area contributed by atoms with Gasteiger partial charge in [0.05, 0.1) is 0 Å². The summed E-state index contributed by atoms with van der Waals surface area (Å²) in [5, 5.41) is 3.33. The van der Waals surface area contributed by atoms with Gasteiger partial charge in [-0.05, 0) is 52.3 Å². The van der Waals surface area contributed by atoms with Crippen LogP contribution in [0.3, 0.4) is 0 Å². The van der Waals surface area contributed by atoms with Gasteiger partial charge in [-0.15, -0.1) is 0 Å². The van der Waals surface area contributed by atoms with Gasteiger partial charge in [-0.3, -0.25) is 0 Å². The average Bonchev–Trinajstić information content (AvgIpc) is 2.36. The molecule has 0 aliphatic heterocycles. The Kier molecular flexibility index (Phi) is 5.97. The first-order valence-corrected chi connectivity index (χ1v) is 7.20. The average molecular weight is 290 g/mol.